The Morgan fingerprint density at radius 3 is 3.05 bits per heavy atom. The highest BCUT2D eigenvalue weighted by Gasteiger charge is 2.15. The zero-order chi connectivity index (χ0) is 13.7. The summed E-state index contributed by atoms with van der Waals surface area (Å²) in [7, 11) is 0. The summed E-state index contributed by atoms with van der Waals surface area (Å²) in [5, 5.41) is 3.50. The molecule has 7 heteroatoms. The van der Waals surface area contributed by atoms with E-state index < -0.39 is 5.97 Å². The Hall–Kier alpha value is -2.57. The molecule has 1 heterocycles. The maximum Gasteiger partial charge on any atom is 0.379 e. The van der Waals surface area contributed by atoms with Gasteiger partial charge in [-0.3, -0.25) is 0 Å². The normalized spacial score (nSPS) is 10.2. The van der Waals surface area contributed by atoms with Gasteiger partial charge in [0.25, 0.3) is 11.7 Å². The first kappa shape index (κ1) is 12.9. The Balaban J connectivity index is 1.95. The van der Waals surface area contributed by atoms with Crippen LogP contribution in [0.4, 0.5) is 5.69 Å². The molecule has 0 aliphatic rings. The van der Waals surface area contributed by atoms with Crippen molar-refractivity contribution in [2.24, 2.45) is 0 Å². The molecule has 0 bridgehead atoms. The highest BCUT2D eigenvalue weighted by Crippen LogP contribution is 2.15. The van der Waals surface area contributed by atoms with Gasteiger partial charge in [0.15, 0.2) is 6.61 Å². The number of carbonyl (C=O) groups excluding carboxylic acids is 1. The smallest absolute Gasteiger partial charge is 0.379 e. The molecule has 0 saturated carbocycles. The van der Waals surface area contributed by atoms with Crippen molar-refractivity contribution in [2.45, 2.75) is 13.5 Å². The Bertz CT molecular complexity index is 568. The summed E-state index contributed by atoms with van der Waals surface area (Å²) < 4.78 is 15.0. The predicted molar refractivity (Wildman–Crippen MR) is 65.4 cm³/mol. The van der Waals surface area contributed by atoms with E-state index in [-0.39, 0.29) is 24.9 Å². The molecule has 0 saturated heterocycles. The van der Waals surface area contributed by atoms with Crippen LogP contribution in [0.2, 0.25) is 0 Å². The van der Waals surface area contributed by atoms with Crippen molar-refractivity contribution in [3.05, 3.63) is 36.0 Å². The third-order valence-electron chi connectivity index (χ3n) is 2.15. The molecule has 2 N–H and O–H groups in total. The Morgan fingerprint density at radius 1 is 1.47 bits per heavy atom. The molecule has 0 fully saturated rings. The molecule has 2 rings (SSSR count). The summed E-state index contributed by atoms with van der Waals surface area (Å²) in [5.41, 5.74) is 6.20. The molecule has 0 unspecified atom stereocenters. The number of nitrogens with two attached hydrogens (primary N) is 1. The van der Waals surface area contributed by atoms with Crippen LogP contribution in [0.1, 0.15) is 23.4 Å². The van der Waals surface area contributed by atoms with E-state index in [0.29, 0.717) is 11.4 Å². The third kappa shape index (κ3) is 3.44. The maximum atomic E-state index is 11.3. The number of ether oxygens (including phenoxy) is 2. The molecule has 0 aliphatic heterocycles. The van der Waals surface area contributed by atoms with Crippen molar-refractivity contribution in [2.75, 3.05) is 12.3 Å². The lowest BCUT2D eigenvalue weighted by molar-refractivity contribution is 0.0508. The number of hydrogen-bond acceptors (Lipinski definition) is 7. The number of hydrogen-bond donors (Lipinski definition) is 1. The van der Waals surface area contributed by atoms with Crippen molar-refractivity contribution < 1.29 is 18.8 Å². The van der Waals surface area contributed by atoms with E-state index in [1.165, 1.54) is 0 Å². The minimum Gasteiger partial charge on any atom is -0.484 e. The molecule has 0 atom stereocenters. The first-order valence-electron chi connectivity index (χ1n) is 5.67. The van der Waals surface area contributed by atoms with Gasteiger partial charge in [0.05, 0.1) is 6.61 Å². The molecular weight excluding hydrogens is 250 g/mol. The van der Waals surface area contributed by atoms with Gasteiger partial charge in [0, 0.05) is 11.8 Å². The highest BCUT2D eigenvalue weighted by molar-refractivity contribution is 5.84. The monoisotopic (exact) mass is 263 g/mol. The van der Waals surface area contributed by atoms with E-state index in [0.717, 1.165) is 0 Å². The van der Waals surface area contributed by atoms with Gasteiger partial charge in [0.1, 0.15) is 5.75 Å². The van der Waals surface area contributed by atoms with E-state index in [1.807, 2.05) is 0 Å². The summed E-state index contributed by atoms with van der Waals surface area (Å²) in [6.07, 6.45) is 0. The molecule has 7 nitrogen and oxygen atoms in total. The lowest BCUT2D eigenvalue weighted by atomic mass is 10.3. The second kappa shape index (κ2) is 5.85. The topological polar surface area (TPSA) is 100 Å². The SMILES string of the molecule is CCOC(=O)c1noc(COc2cccc(N)c2)n1. The molecule has 1 aromatic heterocycles. The van der Waals surface area contributed by atoms with E-state index >= 15 is 0 Å². The van der Waals surface area contributed by atoms with Gasteiger partial charge < -0.3 is 19.7 Å². The van der Waals surface area contributed by atoms with Crippen molar-refractivity contribution in [1.29, 1.82) is 0 Å². The van der Waals surface area contributed by atoms with Crippen LogP contribution < -0.4 is 10.5 Å². The van der Waals surface area contributed by atoms with Gasteiger partial charge >= 0.3 is 5.97 Å². The number of aromatic nitrogens is 2. The van der Waals surface area contributed by atoms with Crippen LogP contribution in [0, 0.1) is 0 Å². The minimum absolute atomic E-state index is 0.0514. The summed E-state index contributed by atoms with van der Waals surface area (Å²) in [4.78, 5) is 15.2. The Kier molecular flexibility index (Phi) is 3.97. The van der Waals surface area contributed by atoms with Crippen LogP contribution in [0.25, 0.3) is 0 Å². The lowest BCUT2D eigenvalue weighted by Gasteiger charge is -2.03. The summed E-state index contributed by atoms with van der Waals surface area (Å²) in [6, 6.07) is 6.93. The van der Waals surface area contributed by atoms with Gasteiger partial charge in [-0.05, 0) is 24.2 Å². The van der Waals surface area contributed by atoms with E-state index in [1.54, 1.807) is 31.2 Å². The summed E-state index contributed by atoms with van der Waals surface area (Å²) >= 11 is 0. The van der Waals surface area contributed by atoms with Gasteiger partial charge in [0.2, 0.25) is 0 Å². The minimum atomic E-state index is -0.624. The zero-order valence-electron chi connectivity index (χ0n) is 10.3. The molecule has 0 amide bonds. The number of anilines is 1. The Labute approximate surface area is 109 Å². The second-order valence-electron chi connectivity index (χ2n) is 3.59. The fourth-order valence-corrected chi connectivity index (χ4v) is 1.34. The number of rotatable bonds is 5. The molecule has 0 aliphatic carbocycles. The van der Waals surface area contributed by atoms with E-state index in [4.69, 9.17) is 19.7 Å². The summed E-state index contributed by atoms with van der Waals surface area (Å²) in [5.74, 6) is 0.0239. The van der Waals surface area contributed by atoms with Crippen molar-refractivity contribution in [1.82, 2.24) is 10.1 Å². The zero-order valence-corrected chi connectivity index (χ0v) is 10.3. The fraction of sp³-hybridized carbons (Fsp3) is 0.250. The quantitative estimate of drug-likeness (QED) is 0.642. The van der Waals surface area contributed by atoms with Crippen LogP contribution in [-0.2, 0) is 11.3 Å². The third-order valence-corrected chi connectivity index (χ3v) is 2.15. The van der Waals surface area contributed by atoms with Crippen molar-refractivity contribution >= 4 is 11.7 Å². The Morgan fingerprint density at radius 2 is 2.32 bits per heavy atom. The second-order valence-corrected chi connectivity index (χ2v) is 3.59. The fourth-order valence-electron chi connectivity index (χ4n) is 1.34. The number of nitrogen functional groups attached to an aromatic ring is 1. The number of benzene rings is 1. The summed E-state index contributed by atoms with van der Waals surface area (Å²) in [6.45, 7) is 2.00. The lowest BCUT2D eigenvalue weighted by Crippen LogP contribution is -2.07. The molecule has 1 aromatic carbocycles. The average Bonchev–Trinajstić information content (AvgIpc) is 2.86. The van der Waals surface area contributed by atoms with E-state index in [2.05, 4.69) is 10.1 Å². The molecular formula is C12H13N3O4. The average molecular weight is 263 g/mol. The molecule has 2 aromatic rings. The van der Waals surface area contributed by atoms with Crippen LogP contribution in [-0.4, -0.2) is 22.7 Å². The predicted octanol–water partition coefficient (Wildman–Crippen LogP) is 1.41. The van der Waals surface area contributed by atoms with Crippen LogP contribution >= 0.6 is 0 Å². The first-order chi connectivity index (χ1) is 9.19. The van der Waals surface area contributed by atoms with Crippen LogP contribution in [0.3, 0.4) is 0 Å². The van der Waals surface area contributed by atoms with Crippen LogP contribution in [0.15, 0.2) is 28.8 Å². The van der Waals surface area contributed by atoms with Crippen molar-refractivity contribution in [3.63, 3.8) is 0 Å². The number of carbonyl (C=O) groups is 1. The molecule has 0 radical (unpaired) electrons. The first-order valence-corrected chi connectivity index (χ1v) is 5.67. The standard InChI is InChI=1S/C12H13N3O4/c1-2-17-12(16)11-14-10(19-15-11)7-18-9-5-3-4-8(13)6-9/h3-6H,2,7,13H2,1H3. The van der Waals surface area contributed by atoms with Gasteiger partial charge in [-0.15, -0.1) is 0 Å². The largest absolute Gasteiger partial charge is 0.484 e. The highest BCUT2D eigenvalue weighted by atomic mass is 16.5. The van der Waals surface area contributed by atoms with Crippen LogP contribution in [0.5, 0.6) is 5.75 Å². The van der Waals surface area contributed by atoms with Gasteiger partial charge in [-0.1, -0.05) is 6.07 Å². The number of nitrogens with zero attached hydrogens (tertiary/aromatic N) is 2. The molecule has 100 valence electrons. The maximum absolute atomic E-state index is 11.3. The van der Waals surface area contributed by atoms with Crippen molar-refractivity contribution in [3.8, 4) is 5.75 Å². The molecule has 0 spiro atoms. The van der Waals surface area contributed by atoms with E-state index in [9.17, 15) is 4.79 Å². The van der Waals surface area contributed by atoms with Gasteiger partial charge in [-0.25, -0.2) is 4.79 Å². The van der Waals surface area contributed by atoms with Gasteiger partial charge in [-0.2, -0.15) is 4.98 Å². The number of esters is 1. The molecule has 19 heavy (non-hydrogen) atoms.